The van der Waals surface area contributed by atoms with Gasteiger partial charge >= 0.3 is 12.0 Å². The number of nitrogens with zero attached hydrogens (tertiary/aromatic N) is 2. The Morgan fingerprint density at radius 2 is 1.79 bits per heavy atom. The highest BCUT2D eigenvalue weighted by molar-refractivity contribution is 5.91. The summed E-state index contributed by atoms with van der Waals surface area (Å²) in [6.45, 7) is 9.40. The number of ether oxygens (including phenoxy) is 3. The van der Waals surface area contributed by atoms with E-state index in [0.717, 1.165) is 36.3 Å². The summed E-state index contributed by atoms with van der Waals surface area (Å²) in [5, 5.41) is 14.9. The molecule has 5 atom stereocenters. The maximum Gasteiger partial charge on any atom is 0.325 e. The van der Waals surface area contributed by atoms with Crippen molar-refractivity contribution < 1.29 is 28.9 Å². The van der Waals surface area contributed by atoms with Crippen LogP contribution >= 0.6 is 0 Å². The number of nitrogens with one attached hydrogen (secondary N) is 2. The zero-order valence-corrected chi connectivity index (χ0v) is 25.4. The molecular formula is C33H46N4O6. The summed E-state index contributed by atoms with van der Waals surface area (Å²) in [7, 11) is 0. The van der Waals surface area contributed by atoms with E-state index in [4.69, 9.17) is 14.2 Å². The van der Waals surface area contributed by atoms with Crippen LogP contribution in [0.15, 0.2) is 48.5 Å². The van der Waals surface area contributed by atoms with Crippen LogP contribution < -0.4 is 10.6 Å². The lowest BCUT2D eigenvalue weighted by Gasteiger charge is -2.43. The number of urea groups is 1. The zero-order chi connectivity index (χ0) is 30.2. The van der Waals surface area contributed by atoms with Gasteiger partial charge in [-0.15, -0.1) is 0 Å². The first-order valence-electron chi connectivity index (χ1n) is 15.7. The van der Waals surface area contributed by atoms with Gasteiger partial charge in [0.25, 0.3) is 0 Å². The highest BCUT2D eigenvalue weighted by atomic mass is 16.7. The summed E-state index contributed by atoms with van der Waals surface area (Å²) in [4.78, 5) is 29.3. The van der Waals surface area contributed by atoms with E-state index >= 15 is 0 Å². The van der Waals surface area contributed by atoms with Gasteiger partial charge < -0.3 is 34.9 Å². The average Bonchev–Trinajstić information content (AvgIpc) is 3.70. The number of aliphatic hydroxyl groups is 1. The number of benzene rings is 2. The highest BCUT2D eigenvalue weighted by Gasteiger charge is 2.41. The normalized spacial score (nSPS) is 26.3. The lowest BCUT2D eigenvalue weighted by molar-refractivity contribution is -0.276. The van der Waals surface area contributed by atoms with Gasteiger partial charge in [-0.2, -0.15) is 0 Å². The standard InChI is InChI=1S/C33H46N4O6/c1-3-41-30(39)19-34-33(40)35-27-9-6-8-26(18-27)32-42-29(21-37-17-7-10-28(37)20-36-15-4-5-16-36)23(2)31(43-32)25-13-11-24(22-38)12-14-25/h6,8-9,11-14,18,23,28-29,31-32,38H,3-5,7,10,15-17,19-22H2,1-2H3,(H2,34,35,40). The molecule has 0 aromatic heterocycles. The highest BCUT2D eigenvalue weighted by Crippen LogP contribution is 2.42. The summed E-state index contributed by atoms with van der Waals surface area (Å²) in [6.07, 6.45) is 4.11. The molecule has 3 heterocycles. The van der Waals surface area contributed by atoms with Crippen LogP contribution in [-0.4, -0.2) is 84.9 Å². The third-order valence-corrected chi connectivity index (χ3v) is 8.82. The Morgan fingerprint density at radius 3 is 2.53 bits per heavy atom. The maximum atomic E-state index is 12.4. The molecule has 3 aliphatic rings. The van der Waals surface area contributed by atoms with E-state index in [-0.39, 0.29) is 37.9 Å². The maximum absolute atomic E-state index is 12.4. The van der Waals surface area contributed by atoms with Gasteiger partial charge in [0.15, 0.2) is 6.29 Å². The minimum atomic E-state index is -0.632. The number of likely N-dealkylation sites (tertiary alicyclic amines) is 2. The minimum absolute atomic E-state index is 0.00373. The number of hydrogen-bond acceptors (Lipinski definition) is 8. The molecule has 43 heavy (non-hydrogen) atoms. The molecule has 3 saturated heterocycles. The largest absolute Gasteiger partial charge is 0.465 e. The van der Waals surface area contributed by atoms with E-state index in [1.165, 1.54) is 38.8 Å². The van der Waals surface area contributed by atoms with E-state index in [2.05, 4.69) is 27.4 Å². The zero-order valence-electron chi connectivity index (χ0n) is 25.4. The molecule has 2 aromatic rings. The van der Waals surface area contributed by atoms with Gasteiger partial charge in [0.1, 0.15) is 6.54 Å². The number of carbonyl (C=O) groups is 2. The van der Waals surface area contributed by atoms with Crippen molar-refractivity contribution in [2.45, 2.75) is 70.7 Å². The summed E-state index contributed by atoms with van der Waals surface area (Å²) in [6, 6.07) is 15.4. The van der Waals surface area contributed by atoms with Crippen molar-refractivity contribution in [3.8, 4) is 0 Å². The Morgan fingerprint density at radius 1 is 1.00 bits per heavy atom. The second-order valence-corrected chi connectivity index (χ2v) is 11.9. The van der Waals surface area contributed by atoms with Crippen LogP contribution in [0.3, 0.4) is 0 Å². The van der Waals surface area contributed by atoms with Crippen molar-refractivity contribution in [2.24, 2.45) is 5.92 Å². The first-order valence-corrected chi connectivity index (χ1v) is 15.7. The Balaban J connectivity index is 1.32. The van der Waals surface area contributed by atoms with E-state index in [1.807, 2.05) is 42.5 Å². The van der Waals surface area contributed by atoms with Crippen LogP contribution in [0.1, 0.15) is 68.6 Å². The molecule has 3 aliphatic heterocycles. The fraction of sp³-hybridized carbons (Fsp3) is 0.576. The van der Waals surface area contributed by atoms with Gasteiger partial charge in [0, 0.05) is 36.3 Å². The lowest BCUT2D eigenvalue weighted by Crippen LogP contribution is -2.48. The molecule has 0 aliphatic carbocycles. The number of aliphatic hydroxyl groups excluding tert-OH is 1. The fourth-order valence-electron chi connectivity index (χ4n) is 6.47. The SMILES string of the molecule is CCOC(=O)CNC(=O)Nc1cccc(C2OC(CN3CCCC3CN3CCCC3)C(C)C(c3ccc(CO)cc3)O2)c1. The Hall–Kier alpha value is -3.02. The third-order valence-electron chi connectivity index (χ3n) is 8.82. The van der Waals surface area contributed by atoms with E-state index < -0.39 is 18.3 Å². The molecule has 2 aromatic carbocycles. The van der Waals surface area contributed by atoms with Crippen molar-refractivity contribution in [2.75, 3.05) is 51.2 Å². The van der Waals surface area contributed by atoms with E-state index in [1.54, 1.807) is 13.0 Å². The monoisotopic (exact) mass is 594 g/mol. The molecule has 3 N–H and O–H groups in total. The molecule has 5 rings (SSSR count). The molecule has 10 nitrogen and oxygen atoms in total. The summed E-state index contributed by atoms with van der Waals surface area (Å²) in [5.74, 6) is -0.395. The predicted molar refractivity (Wildman–Crippen MR) is 163 cm³/mol. The van der Waals surface area contributed by atoms with E-state index in [0.29, 0.717) is 11.7 Å². The third kappa shape index (κ3) is 8.33. The molecule has 10 heteroatoms. The summed E-state index contributed by atoms with van der Waals surface area (Å²) < 4.78 is 18.2. The molecule has 3 fully saturated rings. The molecule has 5 unspecified atom stereocenters. The number of amides is 2. The summed E-state index contributed by atoms with van der Waals surface area (Å²) >= 11 is 0. The van der Waals surface area contributed by atoms with Crippen LogP contribution in [0, 0.1) is 5.92 Å². The lowest BCUT2D eigenvalue weighted by atomic mass is 9.90. The summed E-state index contributed by atoms with van der Waals surface area (Å²) in [5.41, 5.74) is 3.27. The molecule has 234 valence electrons. The number of esters is 1. The first-order chi connectivity index (χ1) is 20.9. The number of carbonyl (C=O) groups excluding carboxylic acids is 2. The molecule has 0 spiro atoms. The van der Waals surface area contributed by atoms with Crippen molar-refractivity contribution >= 4 is 17.7 Å². The smallest absolute Gasteiger partial charge is 0.325 e. The van der Waals surface area contributed by atoms with Gasteiger partial charge in [-0.25, -0.2) is 4.79 Å². The number of rotatable bonds is 11. The molecule has 0 radical (unpaired) electrons. The van der Waals surface area contributed by atoms with Crippen LogP contribution in [0.25, 0.3) is 0 Å². The quantitative estimate of drug-likeness (QED) is 0.332. The molecule has 2 amide bonds. The van der Waals surface area contributed by atoms with Crippen LogP contribution in [0.5, 0.6) is 0 Å². The Bertz CT molecular complexity index is 1200. The number of anilines is 1. The van der Waals surface area contributed by atoms with E-state index in [9.17, 15) is 14.7 Å². The van der Waals surface area contributed by atoms with Gasteiger partial charge in [-0.05, 0) is 75.5 Å². The molecular weight excluding hydrogens is 548 g/mol. The van der Waals surface area contributed by atoms with Crippen LogP contribution in [-0.2, 0) is 25.6 Å². The number of hydrogen-bond donors (Lipinski definition) is 3. The van der Waals surface area contributed by atoms with Gasteiger partial charge in [0.05, 0.1) is 25.4 Å². The van der Waals surface area contributed by atoms with Gasteiger partial charge in [0.2, 0.25) is 0 Å². The second kappa shape index (κ2) is 15.1. The fourth-order valence-corrected chi connectivity index (χ4v) is 6.47. The van der Waals surface area contributed by atoms with Crippen LogP contribution in [0.2, 0.25) is 0 Å². The predicted octanol–water partition coefficient (Wildman–Crippen LogP) is 4.22. The van der Waals surface area contributed by atoms with Gasteiger partial charge in [-0.3, -0.25) is 9.69 Å². The minimum Gasteiger partial charge on any atom is -0.465 e. The topological polar surface area (TPSA) is 113 Å². The second-order valence-electron chi connectivity index (χ2n) is 11.9. The molecule has 0 saturated carbocycles. The van der Waals surface area contributed by atoms with Crippen molar-refractivity contribution in [1.82, 2.24) is 15.1 Å². The Kier molecular flexibility index (Phi) is 11.0. The molecule has 0 bridgehead atoms. The van der Waals surface area contributed by atoms with Crippen molar-refractivity contribution in [3.63, 3.8) is 0 Å². The van der Waals surface area contributed by atoms with Crippen LogP contribution in [0.4, 0.5) is 10.5 Å². The average molecular weight is 595 g/mol. The van der Waals surface area contributed by atoms with Crippen molar-refractivity contribution in [3.05, 3.63) is 65.2 Å². The first kappa shape index (κ1) is 31.4. The Labute approximate surface area is 254 Å². The van der Waals surface area contributed by atoms with Crippen molar-refractivity contribution in [1.29, 1.82) is 0 Å². The van der Waals surface area contributed by atoms with Gasteiger partial charge in [-0.1, -0.05) is 43.3 Å².